The first-order valence-electron chi connectivity index (χ1n) is 4.74. The van der Waals surface area contributed by atoms with E-state index in [1.54, 1.807) is 12.1 Å². The fourth-order valence-electron chi connectivity index (χ4n) is 1.07. The van der Waals surface area contributed by atoms with Gasteiger partial charge in [-0.25, -0.2) is 4.39 Å². The van der Waals surface area contributed by atoms with Crippen LogP contribution in [0.15, 0.2) is 22.7 Å². The summed E-state index contributed by atoms with van der Waals surface area (Å²) in [6.07, 6.45) is 0. The lowest BCUT2D eigenvalue weighted by Gasteiger charge is -2.08. The van der Waals surface area contributed by atoms with Gasteiger partial charge in [0.1, 0.15) is 5.82 Å². The molecule has 0 saturated carbocycles. The lowest BCUT2D eigenvalue weighted by molar-refractivity contribution is 0.0945. The molecule has 0 fully saturated rings. The minimum atomic E-state index is -0.515. The van der Waals surface area contributed by atoms with Crippen molar-refractivity contribution >= 4 is 21.8 Å². The predicted molar refractivity (Wildman–Crippen MR) is 61.3 cm³/mol. The molecule has 0 aliphatic carbocycles. The number of carbonyl (C=O) groups is 1. The smallest absolute Gasteiger partial charge is 0.254 e. The number of carbonyl (C=O) groups excluding carboxylic acids is 1. The molecule has 2 nitrogen and oxygen atoms in total. The zero-order chi connectivity index (χ0) is 11.4. The average molecular weight is 274 g/mol. The van der Waals surface area contributed by atoms with Crippen molar-refractivity contribution in [1.82, 2.24) is 5.32 Å². The van der Waals surface area contributed by atoms with E-state index < -0.39 is 5.82 Å². The molecule has 0 heterocycles. The van der Waals surface area contributed by atoms with Gasteiger partial charge in [-0.3, -0.25) is 4.79 Å². The standard InChI is InChI=1S/C11H13BrFNO/c1-7(2)6-14-11(15)8-4-3-5-9(12)10(8)13/h3-5,7H,6H2,1-2H3,(H,14,15). The highest BCUT2D eigenvalue weighted by Gasteiger charge is 2.13. The van der Waals surface area contributed by atoms with Crippen molar-refractivity contribution in [3.05, 3.63) is 34.1 Å². The van der Waals surface area contributed by atoms with Gasteiger partial charge in [-0.1, -0.05) is 19.9 Å². The van der Waals surface area contributed by atoms with E-state index in [4.69, 9.17) is 0 Å². The second-order valence-corrected chi connectivity index (χ2v) is 4.56. The SMILES string of the molecule is CC(C)CNC(=O)c1cccc(Br)c1F. The van der Waals surface area contributed by atoms with E-state index in [-0.39, 0.29) is 11.5 Å². The highest BCUT2D eigenvalue weighted by atomic mass is 79.9. The van der Waals surface area contributed by atoms with Crippen LogP contribution in [0.3, 0.4) is 0 Å². The molecule has 0 spiro atoms. The Morgan fingerprint density at radius 1 is 1.53 bits per heavy atom. The summed E-state index contributed by atoms with van der Waals surface area (Å²) in [6.45, 7) is 4.51. The topological polar surface area (TPSA) is 29.1 Å². The van der Waals surface area contributed by atoms with Crippen molar-refractivity contribution in [1.29, 1.82) is 0 Å². The van der Waals surface area contributed by atoms with Crippen LogP contribution >= 0.6 is 15.9 Å². The number of rotatable bonds is 3. The van der Waals surface area contributed by atoms with Crippen LogP contribution in [0.5, 0.6) is 0 Å². The molecule has 0 saturated heterocycles. The van der Waals surface area contributed by atoms with Crippen molar-refractivity contribution in [3.8, 4) is 0 Å². The van der Waals surface area contributed by atoms with Gasteiger partial charge in [0.05, 0.1) is 10.0 Å². The molecule has 15 heavy (non-hydrogen) atoms. The third-order valence-corrected chi connectivity index (χ3v) is 2.48. The van der Waals surface area contributed by atoms with Crippen molar-refractivity contribution in [2.45, 2.75) is 13.8 Å². The Labute approximate surface area is 97.0 Å². The second kappa shape index (κ2) is 5.26. The van der Waals surface area contributed by atoms with Crippen molar-refractivity contribution < 1.29 is 9.18 Å². The number of hydrogen-bond donors (Lipinski definition) is 1. The van der Waals surface area contributed by atoms with E-state index in [1.807, 2.05) is 13.8 Å². The highest BCUT2D eigenvalue weighted by Crippen LogP contribution is 2.18. The van der Waals surface area contributed by atoms with Crippen molar-refractivity contribution in [2.24, 2.45) is 5.92 Å². The summed E-state index contributed by atoms with van der Waals surface area (Å²) in [6, 6.07) is 4.67. The van der Waals surface area contributed by atoms with Gasteiger partial charge in [0.2, 0.25) is 0 Å². The lowest BCUT2D eigenvalue weighted by atomic mass is 10.2. The van der Waals surface area contributed by atoms with E-state index in [2.05, 4.69) is 21.2 Å². The predicted octanol–water partition coefficient (Wildman–Crippen LogP) is 2.97. The summed E-state index contributed by atoms with van der Waals surface area (Å²) >= 11 is 3.04. The largest absolute Gasteiger partial charge is 0.352 e. The molecule has 1 aromatic carbocycles. The van der Waals surface area contributed by atoms with Crippen LogP contribution in [0.2, 0.25) is 0 Å². The monoisotopic (exact) mass is 273 g/mol. The molecule has 0 bridgehead atoms. The molecule has 0 aromatic heterocycles. The van der Waals surface area contributed by atoms with Gasteiger partial charge in [-0.05, 0) is 34.0 Å². The quantitative estimate of drug-likeness (QED) is 0.902. The maximum Gasteiger partial charge on any atom is 0.254 e. The second-order valence-electron chi connectivity index (χ2n) is 3.71. The van der Waals surface area contributed by atoms with E-state index in [9.17, 15) is 9.18 Å². The molecule has 1 aromatic rings. The van der Waals surface area contributed by atoms with Crippen LogP contribution < -0.4 is 5.32 Å². The molecule has 1 N–H and O–H groups in total. The fourth-order valence-corrected chi connectivity index (χ4v) is 1.44. The first-order valence-corrected chi connectivity index (χ1v) is 5.54. The van der Waals surface area contributed by atoms with Crippen LogP contribution in [0.1, 0.15) is 24.2 Å². The van der Waals surface area contributed by atoms with Gasteiger partial charge in [-0.2, -0.15) is 0 Å². The Morgan fingerprint density at radius 3 is 2.80 bits per heavy atom. The highest BCUT2D eigenvalue weighted by molar-refractivity contribution is 9.10. The molecule has 4 heteroatoms. The Hall–Kier alpha value is -0.900. The van der Waals surface area contributed by atoms with Gasteiger partial charge < -0.3 is 5.32 Å². The zero-order valence-corrected chi connectivity index (χ0v) is 10.3. The Bertz CT molecular complexity index is 366. The minimum absolute atomic E-state index is 0.0741. The fraction of sp³-hybridized carbons (Fsp3) is 0.364. The van der Waals surface area contributed by atoms with Gasteiger partial charge in [0, 0.05) is 6.54 Å². The van der Waals surface area contributed by atoms with Gasteiger partial charge in [0.15, 0.2) is 0 Å². The van der Waals surface area contributed by atoms with Crippen LogP contribution in [-0.4, -0.2) is 12.5 Å². The molecule has 0 aliphatic heterocycles. The van der Waals surface area contributed by atoms with Gasteiger partial charge in [0.25, 0.3) is 5.91 Å². The molecular weight excluding hydrogens is 261 g/mol. The van der Waals surface area contributed by atoms with Crippen LogP contribution in [0, 0.1) is 11.7 Å². The Balaban J connectivity index is 2.78. The number of amides is 1. The normalized spacial score (nSPS) is 10.5. The molecule has 0 unspecified atom stereocenters. The molecule has 0 atom stereocenters. The molecule has 1 rings (SSSR count). The summed E-state index contributed by atoms with van der Waals surface area (Å²) in [7, 11) is 0. The maximum absolute atomic E-state index is 13.5. The average Bonchev–Trinajstić information content (AvgIpc) is 2.18. The summed E-state index contributed by atoms with van der Waals surface area (Å²) in [5.74, 6) is -0.537. The molecule has 0 aliphatic rings. The van der Waals surface area contributed by atoms with Gasteiger partial charge >= 0.3 is 0 Å². The Morgan fingerprint density at radius 2 is 2.20 bits per heavy atom. The summed E-state index contributed by atoms with van der Waals surface area (Å²) in [5, 5.41) is 2.67. The summed E-state index contributed by atoms with van der Waals surface area (Å²) < 4.78 is 13.8. The minimum Gasteiger partial charge on any atom is -0.352 e. The first-order chi connectivity index (χ1) is 7.02. The number of hydrogen-bond acceptors (Lipinski definition) is 1. The summed E-state index contributed by atoms with van der Waals surface area (Å²) in [5.41, 5.74) is 0.0741. The lowest BCUT2D eigenvalue weighted by Crippen LogP contribution is -2.28. The van der Waals surface area contributed by atoms with Crippen LogP contribution in [-0.2, 0) is 0 Å². The molecular formula is C11H13BrFNO. The number of halogens is 2. The first kappa shape index (κ1) is 12.2. The van der Waals surface area contributed by atoms with Crippen LogP contribution in [0.25, 0.3) is 0 Å². The zero-order valence-electron chi connectivity index (χ0n) is 8.68. The number of benzene rings is 1. The van der Waals surface area contributed by atoms with Crippen molar-refractivity contribution in [2.75, 3.05) is 6.54 Å². The van der Waals surface area contributed by atoms with Crippen LogP contribution in [0.4, 0.5) is 4.39 Å². The number of nitrogens with one attached hydrogen (secondary N) is 1. The third kappa shape index (κ3) is 3.30. The van der Waals surface area contributed by atoms with E-state index in [0.29, 0.717) is 16.9 Å². The molecule has 1 amide bonds. The van der Waals surface area contributed by atoms with E-state index in [1.165, 1.54) is 6.07 Å². The van der Waals surface area contributed by atoms with Crippen molar-refractivity contribution in [3.63, 3.8) is 0 Å². The third-order valence-electron chi connectivity index (χ3n) is 1.87. The maximum atomic E-state index is 13.5. The Kier molecular flexibility index (Phi) is 4.27. The van der Waals surface area contributed by atoms with E-state index >= 15 is 0 Å². The van der Waals surface area contributed by atoms with Gasteiger partial charge in [-0.15, -0.1) is 0 Å². The molecule has 0 radical (unpaired) electrons. The van der Waals surface area contributed by atoms with E-state index in [0.717, 1.165) is 0 Å². The summed E-state index contributed by atoms with van der Waals surface area (Å²) in [4.78, 5) is 11.6. The molecule has 82 valence electrons.